The van der Waals surface area contributed by atoms with E-state index >= 15 is 0 Å². The highest BCUT2D eigenvalue weighted by atomic mass is 16.6. The summed E-state index contributed by atoms with van der Waals surface area (Å²) in [6.45, 7) is 1.38. The van der Waals surface area contributed by atoms with Crippen LogP contribution in [0.4, 0.5) is 4.79 Å². The second kappa shape index (κ2) is 9.24. The molecule has 1 amide bonds. The summed E-state index contributed by atoms with van der Waals surface area (Å²) < 4.78 is 11.6. The van der Waals surface area contributed by atoms with E-state index in [-0.39, 0.29) is 18.7 Å². The van der Waals surface area contributed by atoms with E-state index in [0.717, 1.165) is 29.5 Å². The van der Waals surface area contributed by atoms with Gasteiger partial charge in [-0.3, -0.25) is 0 Å². The number of ether oxygens (including phenoxy) is 2. The van der Waals surface area contributed by atoms with Crippen molar-refractivity contribution < 1.29 is 14.3 Å². The van der Waals surface area contributed by atoms with E-state index in [1.165, 1.54) is 0 Å². The highest BCUT2D eigenvalue weighted by Gasteiger charge is 2.33. The summed E-state index contributed by atoms with van der Waals surface area (Å²) in [4.78, 5) is 18.9. The molecule has 5 nitrogen and oxygen atoms in total. The standard InChI is InChI=1S/C24H24N2O3/c27-24(29-18-20-11-5-2-6-12-20)26-16-8-14-22(26)21-13-7-15-25-23(21)28-17-19-9-3-1-4-10-19/h1-7,9-13,15,22H,8,14,16-18H2/t22-/m1/s1. The zero-order chi connectivity index (χ0) is 19.9. The number of carbonyl (C=O) groups excluding carboxylic acids is 1. The molecule has 148 valence electrons. The lowest BCUT2D eigenvalue weighted by atomic mass is 10.1. The minimum atomic E-state index is -0.297. The lowest BCUT2D eigenvalue weighted by Gasteiger charge is -2.25. The van der Waals surface area contributed by atoms with Crippen molar-refractivity contribution in [3.05, 3.63) is 95.7 Å². The van der Waals surface area contributed by atoms with Crippen molar-refractivity contribution in [1.82, 2.24) is 9.88 Å². The zero-order valence-corrected chi connectivity index (χ0v) is 16.2. The van der Waals surface area contributed by atoms with Crippen molar-refractivity contribution in [1.29, 1.82) is 0 Å². The fourth-order valence-electron chi connectivity index (χ4n) is 3.61. The summed E-state index contributed by atoms with van der Waals surface area (Å²) >= 11 is 0. The summed E-state index contributed by atoms with van der Waals surface area (Å²) in [6, 6.07) is 23.5. The largest absolute Gasteiger partial charge is 0.473 e. The fraction of sp³-hybridized carbons (Fsp3) is 0.250. The maximum atomic E-state index is 12.7. The number of amides is 1. The van der Waals surface area contributed by atoms with E-state index in [1.807, 2.05) is 72.8 Å². The fourth-order valence-corrected chi connectivity index (χ4v) is 3.61. The van der Waals surface area contributed by atoms with E-state index in [4.69, 9.17) is 9.47 Å². The molecule has 29 heavy (non-hydrogen) atoms. The Morgan fingerprint density at radius 3 is 2.34 bits per heavy atom. The molecular formula is C24H24N2O3. The number of carbonyl (C=O) groups is 1. The molecule has 0 bridgehead atoms. The van der Waals surface area contributed by atoms with Gasteiger partial charge in [-0.25, -0.2) is 9.78 Å². The van der Waals surface area contributed by atoms with Gasteiger partial charge in [0, 0.05) is 18.3 Å². The molecule has 0 aliphatic carbocycles. The SMILES string of the molecule is O=C(OCc1ccccc1)N1CCC[C@@H]1c1cccnc1OCc1ccccc1. The number of benzene rings is 2. The molecule has 1 aliphatic rings. The first-order valence-electron chi connectivity index (χ1n) is 9.90. The van der Waals surface area contributed by atoms with Crippen LogP contribution in [0.3, 0.4) is 0 Å². The number of hydrogen-bond acceptors (Lipinski definition) is 4. The van der Waals surface area contributed by atoms with Gasteiger partial charge >= 0.3 is 6.09 Å². The first-order valence-corrected chi connectivity index (χ1v) is 9.90. The summed E-state index contributed by atoms with van der Waals surface area (Å²) in [5.41, 5.74) is 2.98. The van der Waals surface area contributed by atoms with Crippen molar-refractivity contribution in [2.45, 2.75) is 32.1 Å². The van der Waals surface area contributed by atoms with Crippen LogP contribution < -0.4 is 4.74 Å². The Bertz CT molecular complexity index is 931. The van der Waals surface area contributed by atoms with Crippen LogP contribution in [-0.2, 0) is 18.0 Å². The van der Waals surface area contributed by atoms with Crippen molar-refractivity contribution in [2.24, 2.45) is 0 Å². The zero-order valence-electron chi connectivity index (χ0n) is 16.2. The quantitative estimate of drug-likeness (QED) is 0.587. The number of nitrogens with zero attached hydrogens (tertiary/aromatic N) is 2. The summed E-state index contributed by atoms with van der Waals surface area (Å²) in [5.74, 6) is 0.573. The average Bonchev–Trinajstić information content (AvgIpc) is 3.27. The molecule has 5 heteroatoms. The Kier molecular flexibility index (Phi) is 6.05. The van der Waals surface area contributed by atoms with Gasteiger partial charge in [-0.2, -0.15) is 0 Å². The van der Waals surface area contributed by atoms with Crippen LogP contribution in [0.25, 0.3) is 0 Å². The number of hydrogen-bond donors (Lipinski definition) is 0. The number of likely N-dealkylation sites (tertiary alicyclic amines) is 1. The van der Waals surface area contributed by atoms with Crippen LogP contribution in [0.1, 0.15) is 35.6 Å². The van der Waals surface area contributed by atoms with E-state index in [9.17, 15) is 4.79 Å². The number of rotatable bonds is 6. The lowest BCUT2D eigenvalue weighted by Crippen LogP contribution is -2.31. The van der Waals surface area contributed by atoms with Gasteiger partial charge in [0.05, 0.1) is 6.04 Å². The molecule has 0 radical (unpaired) electrons. The molecule has 1 atom stereocenters. The summed E-state index contributed by atoms with van der Waals surface area (Å²) in [7, 11) is 0. The molecule has 1 saturated heterocycles. The topological polar surface area (TPSA) is 51.7 Å². The maximum Gasteiger partial charge on any atom is 0.410 e. The molecule has 2 heterocycles. The molecule has 0 spiro atoms. The summed E-state index contributed by atoms with van der Waals surface area (Å²) in [5, 5.41) is 0. The van der Waals surface area contributed by atoms with Gasteiger partial charge in [0.2, 0.25) is 5.88 Å². The van der Waals surface area contributed by atoms with E-state index in [1.54, 1.807) is 11.1 Å². The highest BCUT2D eigenvalue weighted by molar-refractivity contribution is 5.69. The molecule has 1 fully saturated rings. The molecule has 1 aliphatic heterocycles. The third-order valence-electron chi connectivity index (χ3n) is 5.07. The van der Waals surface area contributed by atoms with Crippen LogP contribution in [0.15, 0.2) is 79.0 Å². The van der Waals surface area contributed by atoms with Gasteiger partial charge in [-0.05, 0) is 30.0 Å². The molecule has 3 aromatic rings. The van der Waals surface area contributed by atoms with Crippen LogP contribution in [-0.4, -0.2) is 22.5 Å². The van der Waals surface area contributed by atoms with Crippen molar-refractivity contribution in [3.8, 4) is 5.88 Å². The smallest absolute Gasteiger partial charge is 0.410 e. The molecule has 1 aromatic heterocycles. The highest BCUT2D eigenvalue weighted by Crippen LogP contribution is 2.36. The Hall–Kier alpha value is -3.34. The Balaban J connectivity index is 1.44. The minimum Gasteiger partial charge on any atom is -0.473 e. The third kappa shape index (κ3) is 4.74. The van der Waals surface area contributed by atoms with Gasteiger partial charge in [-0.15, -0.1) is 0 Å². The van der Waals surface area contributed by atoms with Gasteiger partial charge in [0.1, 0.15) is 13.2 Å². The van der Waals surface area contributed by atoms with Crippen LogP contribution >= 0.6 is 0 Å². The molecule has 4 rings (SSSR count). The van der Waals surface area contributed by atoms with E-state index in [2.05, 4.69) is 4.98 Å². The monoisotopic (exact) mass is 388 g/mol. The first-order chi connectivity index (χ1) is 14.3. The van der Waals surface area contributed by atoms with Gasteiger partial charge < -0.3 is 14.4 Å². The van der Waals surface area contributed by atoms with Crippen LogP contribution in [0, 0.1) is 0 Å². The first kappa shape index (κ1) is 19.0. The van der Waals surface area contributed by atoms with Gasteiger partial charge in [-0.1, -0.05) is 66.7 Å². The lowest BCUT2D eigenvalue weighted by molar-refractivity contribution is 0.0914. The molecule has 0 N–H and O–H groups in total. The predicted molar refractivity (Wildman–Crippen MR) is 110 cm³/mol. The minimum absolute atomic E-state index is 0.0854. The molecule has 2 aromatic carbocycles. The number of aromatic nitrogens is 1. The second-order valence-electron chi connectivity index (χ2n) is 7.06. The van der Waals surface area contributed by atoms with Crippen molar-refractivity contribution in [2.75, 3.05) is 6.54 Å². The summed E-state index contributed by atoms with van der Waals surface area (Å²) in [6.07, 6.45) is 3.22. The van der Waals surface area contributed by atoms with Gasteiger partial charge in [0.15, 0.2) is 0 Å². The third-order valence-corrected chi connectivity index (χ3v) is 5.07. The second-order valence-corrected chi connectivity index (χ2v) is 7.06. The molecule has 0 saturated carbocycles. The Labute approximate surface area is 170 Å². The Morgan fingerprint density at radius 1 is 0.931 bits per heavy atom. The molecular weight excluding hydrogens is 364 g/mol. The average molecular weight is 388 g/mol. The predicted octanol–water partition coefficient (Wildman–Crippen LogP) is 5.13. The maximum absolute atomic E-state index is 12.7. The Morgan fingerprint density at radius 2 is 1.62 bits per heavy atom. The van der Waals surface area contributed by atoms with Crippen LogP contribution in [0.2, 0.25) is 0 Å². The van der Waals surface area contributed by atoms with E-state index < -0.39 is 0 Å². The molecule has 0 unspecified atom stereocenters. The normalized spacial score (nSPS) is 15.9. The van der Waals surface area contributed by atoms with Crippen molar-refractivity contribution >= 4 is 6.09 Å². The van der Waals surface area contributed by atoms with E-state index in [0.29, 0.717) is 19.0 Å². The number of pyridine rings is 1. The van der Waals surface area contributed by atoms with Crippen LogP contribution in [0.5, 0.6) is 5.88 Å². The van der Waals surface area contributed by atoms with Crippen molar-refractivity contribution in [3.63, 3.8) is 0 Å². The van der Waals surface area contributed by atoms with Gasteiger partial charge in [0.25, 0.3) is 0 Å².